The van der Waals surface area contributed by atoms with Crippen molar-refractivity contribution in [2.75, 3.05) is 55.6 Å². The van der Waals surface area contributed by atoms with Gasteiger partial charge in [-0.15, -0.1) is 0 Å². The van der Waals surface area contributed by atoms with Crippen molar-refractivity contribution in [1.29, 1.82) is 10.5 Å². The van der Waals surface area contributed by atoms with E-state index < -0.39 is 5.60 Å². The molecule has 0 saturated carbocycles. The number of aromatic nitrogens is 4. The van der Waals surface area contributed by atoms with Gasteiger partial charge in [0.1, 0.15) is 17.2 Å². The number of carbonyl (C=O) groups excluding carboxylic acids is 1. The number of halogens is 2. The van der Waals surface area contributed by atoms with Gasteiger partial charge >= 0.3 is 6.09 Å². The molecule has 320 valence electrons. The second-order valence-electron chi connectivity index (χ2n) is 17.3. The maximum absolute atomic E-state index is 12.7. The minimum absolute atomic E-state index is 0.224. The summed E-state index contributed by atoms with van der Waals surface area (Å²) in [6.45, 7) is 14.1. The number of hydrogen-bond acceptors (Lipinski definition) is 12. The van der Waals surface area contributed by atoms with Gasteiger partial charge in [-0.2, -0.15) is 10.5 Å². The van der Waals surface area contributed by atoms with Gasteiger partial charge in [-0.1, -0.05) is 60.7 Å². The molecule has 61 heavy (non-hydrogen) atoms. The molecule has 0 N–H and O–H groups in total. The number of carbonyl (C=O) groups is 1. The molecule has 1 amide bonds. The van der Waals surface area contributed by atoms with Gasteiger partial charge in [0.25, 0.3) is 0 Å². The molecule has 2 atom stereocenters. The first kappa shape index (κ1) is 44.0. The van der Waals surface area contributed by atoms with E-state index in [1.54, 1.807) is 4.90 Å². The summed E-state index contributed by atoms with van der Waals surface area (Å²) >= 11 is 12.6. The van der Waals surface area contributed by atoms with Crippen molar-refractivity contribution in [3.8, 4) is 12.1 Å². The van der Waals surface area contributed by atoms with Crippen LogP contribution in [-0.4, -0.2) is 98.2 Å². The maximum atomic E-state index is 12.7. The first-order valence-corrected chi connectivity index (χ1v) is 22.1. The Bertz CT molecular complexity index is 2210. The summed E-state index contributed by atoms with van der Waals surface area (Å²) in [5.41, 5.74) is 6.34. The van der Waals surface area contributed by atoms with Crippen molar-refractivity contribution >= 4 is 40.9 Å². The van der Waals surface area contributed by atoms with Crippen molar-refractivity contribution < 1.29 is 9.53 Å². The van der Waals surface area contributed by atoms with Crippen LogP contribution in [0.2, 0.25) is 10.6 Å². The van der Waals surface area contributed by atoms with Gasteiger partial charge in [-0.05, 0) is 86.7 Å². The Hall–Kier alpha value is -5.05. The van der Waals surface area contributed by atoms with Crippen molar-refractivity contribution in [1.82, 2.24) is 34.6 Å². The molecule has 2 aromatic heterocycles. The third kappa shape index (κ3) is 11.7. The minimum atomic E-state index is -0.587. The zero-order chi connectivity index (χ0) is 42.9. The predicted molar refractivity (Wildman–Crippen MR) is 237 cm³/mol. The summed E-state index contributed by atoms with van der Waals surface area (Å²) < 4.78 is 5.57. The fourth-order valence-corrected chi connectivity index (χ4v) is 9.15. The van der Waals surface area contributed by atoms with Gasteiger partial charge in [0, 0.05) is 89.5 Å². The average Bonchev–Trinajstić information content (AvgIpc) is 3.23. The molecule has 0 spiro atoms. The van der Waals surface area contributed by atoms with Crippen LogP contribution in [0.15, 0.2) is 60.7 Å². The summed E-state index contributed by atoms with van der Waals surface area (Å²) in [7, 11) is 0. The number of ether oxygens (including phenoxy) is 1. The molecule has 2 aromatic carbocycles. The molecule has 8 rings (SSSR count). The first-order valence-electron chi connectivity index (χ1n) is 21.3. The number of anilines is 2. The van der Waals surface area contributed by atoms with E-state index >= 15 is 0 Å². The molecule has 0 aliphatic carbocycles. The Morgan fingerprint density at radius 2 is 1.25 bits per heavy atom. The van der Waals surface area contributed by atoms with Gasteiger partial charge in [-0.3, -0.25) is 9.80 Å². The SMILES string of the molecule is CC(C)(C)OC(=O)N1CCN(c2nc(Cl)nc3c2CCN(Cc2ccccc2)C3)CC1CC#N.N#CCC1CCCN(c2nc(Cl)nc3c2CCN(Cc2ccccc2)C3)C1. The topological polar surface area (TPSA) is 142 Å². The van der Waals surface area contributed by atoms with E-state index in [0.29, 0.717) is 43.8 Å². The number of nitrogens with zero attached hydrogens (tertiary/aromatic N) is 11. The van der Waals surface area contributed by atoms with Crippen LogP contribution >= 0.6 is 23.2 Å². The van der Waals surface area contributed by atoms with E-state index in [0.717, 1.165) is 100 Å². The number of nitriles is 2. The normalized spacial score (nSPS) is 19.4. The van der Waals surface area contributed by atoms with Crippen LogP contribution in [0, 0.1) is 28.6 Å². The monoisotopic (exact) mass is 863 g/mol. The third-order valence-electron chi connectivity index (χ3n) is 11.6. The number of benzene rings is 2. The lowest BCUT2D eigenvalue weighted by molar-refractivity contribution is 0.0144. The van der Waals surface area contributed by atoms with Gasteiger partial charge in [0.05, 0.1) is 36.0 Å². The van der Waals surface area contributed by atoms with Crippen molar-refractivity contribution in [3.05, 3.63) is 105 Å². The Morgan fingerprint density at radius 1 is 0.721 bits per heavy atom. The highest BCUT2D eigenvalue weighted by Crippen LogP contribution is 2.33. The fraction of sp³-hybridized carbons (Fsp3) is 0.500. The van der Waals surface area contributed by atoms with Crippen LogP contribution in [0.1, 0.15) is 80.1 Å². The third-order valence-corrected chi connectivity index (χ3v) is 12.0. The quantitative estimate of drug-likeness (QED) is 0.159. The molecule has 2 fully saturated rings. The maximum Gasteiger partial charge on any atom is 0.410 e. The molecular formula is C46H55Cl2N11O2. The molecule has 0 radical (unpaired) electrons. The van der Waals surface area contributed by atoms with Crippen LogP contribution in [0.5, 0.6) is 0 Å². The smallest absolute Gasteiger partial charge is 0.410 e. The lowest BCUT2D eigenvalue weighted by Gasteiger charge is -2.42. The summed E-state index contributed by atoms with van der Waals surface area (Å²) in [5, 5.41) is 19.0. The number of piperidine rings is 1. The number of fused-ring (bicyclic) bond motifs is 2. The summed E-state index contributed by atoms with van der Waals surface area (Å²) in [5.74, 6) is 2.24. The summed E-state index contributed by atoms with van der Waals surface area (Å²) in [4.78, 5) is 41.9. The Morgan fingerprint density at radius 3 is 1.75 bits per heavy atom. The van der Waals surface area contributed by atoms with Crippen molar-refractivity contribution in [2.24, 2.45) is 5.92 Å². The standard InChI is InChI=1S/C25H31ClN6O2.C21H24ClN5/c1-25(2,3)34-24(33)32-14-13-31(16-19(32)9-11-27)22-20-10-12-30(15-18-7-5-4-6-8-18)17-21(20)28-23(26)29-22;22-21-24-19-15-26(13-16-5-2-1-3-6-16)12-9-18(19)20(25-21)27-11-4-7-17(14-27)8-10-23/h4-8,19H,9-10,12-17H2,1-3H3;1-3,5-6,17H,4,7-9,11-15H2. The zero-order valence-corrected chi connectivity index (χ0v) is 37.0. The molecule has 15 heteroatoms. The van der Waals surface area contributed by atoms with E-state index in [4.69, 9.17) is 33.2 Å². The van der Waals surface area contributed by atoms with Gasteiger partial charge in [0.15, 0.2) is 0 Å². The van der Waals surface area contributed by atoms with Gasteiger partial charge in [-0.25, -0.2) is 24.7 Å². The number of amides is 1. The number of hydrogen-bond donors (Lipinski definition) is 0. The predicted octanol–water partition coefficient (Wildman–Crippen LogP) is 7.85. The van der Waals surface area contributed by atoms with Gasteiger partial charge in [0.2, 0.25) is 10.6 Å². The summed E-state index contributed by atoms with van der Waals surface area (Å²) in [6.07, 6.45) is 4.44. The lowest BCUT2D eigenvalue weighted by Crippen LogP contribution is -2.56. The molecule has 4 aliphatic heterocycles. The van der Waals surface area contributed by atoms with E-state index in [2.05, 4.69) is 100 Å². The van der Waals surface area contributed by atoms with Crippen LogP contribution in [0.4, 0.5) is 16.4 Å². The molecule has 0 bridgehead atoms. The van der Waals surface area contributed by atoms with E-state index in [-0.39, 0.29) is 23.8 Å². The molecule has 2 saturated heterocycles. The highest BCUT2D eigenvalue weighted by molar-refractivity contribution is 6.28. The first-order chi connectivity index (χ1) is 29.5. The number of rotatable bonds is 8. The Balaban J connectivity index is 0.000000189. The zero-order valence-electron chi connectivity index (χ0n) is 35.4. The molecular weight excluding hydrogens is 809 g/mol. The van der Waals surface area contributed by atoms with Crippen molar-refractivity contribution in [3.63, 3.8) is 0 Å². The lowest BCUT2D eigenvalue weighted by atomic mass is 9.94. The molecule has 6 heterocycles. The average molecular weight is 865 g/mol. The number of piperazine rings is 1. The molecule has 4 aromatic rings. The minimum Gasteiger partial charge on any atom is -0.444 e. The van der Waals surface area contributed by atoms with E-state index in [1.165, 1.54) is 16.7 Å². The van der Waals surface area contributed by atoms with Crippen molar-refractivity contribution in [2.45, 2.75) is 97.1 Å². The fourth-order valence-electron chi connectivity index (χ4n) is 8.79. The van der Waals surface area contributed by atoms with Crippen LogP contribution in [0.3, 0.4) is 0 Å². The second kappa shape index (κ2) is 20.2. The van der Waals surface area contributed by atoms with E-state index in [9.17, 15) is 10.1 Å². The molecule has 4 aliphatic rings. The Kier molecular flexibility index (Phi) is 14.6. The highest BCUT2D eigenvalue weighted by atomic mass is 35.5. The van der Waals surface area contributed by atoms with Gasteiger partial charge < -0.3 is 19.4 Å². The van der Waals surface area contributed by atoms with Crippen LogP contribution < -0.4 is 9.80 Å². The second-order valence-corrected chi connectivity index (χ2v) is 18.0. The summed E-state index contributed by atoms with van der Waals surface area (Å²) in [6, 6.07) is 25.2. The van der Waals surface area contributed by atoms with Crippen LogP contribution in [-0.2, 0) is 43.8 Å². The van der Waals surface area contributed by atoms with E-state index in [1.807, 2.05) is 32.9 Å². The van der Waals surface area contributed by atoms with Crippen LogP contribution in [0.25, 0.3) is 0 Å². The molecule has 2 unspecified atom stereocenters. The molecule has 13 nitrogen and oxygen atoms in total. The Labute approximate surface area is 369 Å². The highest BCUT2D eigenvalue weighted by Gasteiger charge is 2.36. The largest absolute Gasteiger partial charge is 0.444 e.